The van der Waals surface area contributed by atoms with Crippen molar-refractivity contribution in [2.45, 2.75) is 31.5 Å². The summed E-state index contributed by atoms with van der Waals surface area (Å²) in [5.41, 5.74) is -0.117. The summed E-state index contributed by atoms with van der Waals surface area (Å²) in [7, 11) is 0. The van der Waals surface area contributed by atoms with Crippen LogP contribution in [-0.2, 0) is 10.2 Å². The van der Waals surface area contributed by atoms with Crippen LogP contribution in [-0.4, -0.2) is 55.7 Å². The van der Waals surface area contributed by atoms with Gasteiger partial charge in [0.2, 0.25) is 5.91 Å². The Bertz CT molecular complexity index is 540. The number of alkyl halides is 3. The molecule has 2 rings (SSSR count). The summed E-state index contributed by atoms with van der Waals surface area (Å²) in [5.74, 6) is -0.405. The number of halogens is 3. The van der Waals surface area contributed by atoms with Gasteiger partial charge in [0.1, 0.15) is 6.04 Å². The number of nitrogens with one attached hydrogen (secondary N) is 2. The third-order valence-corrected chi connectivity index (χ3v) is 4.49. The molecule has 24 heavy (non-hydrogen) atoms. The minimum absolute atomic E-state index is 0.322. The summed E-state index contributed by atoms with van der Waals surface area (Å²) < 4.78 is 40.1. The van der Waals surface area contributed by atoms with Crippen molar-refractivity contribution in [1.29, 1.82) is 0 Å². The average molecular weight is 343 g/mol. The molecule has 1 atom stereocenters. The van der Waals surface area contributed by atoms with Gasteiger partial charge in [0, 0.05) is 32.7 Å². The molecule has 1 amide bonds. The smallest absolute Gasteiger partial charge is 0.353 e. The second-order valence-corrected chi connectivity index (χ2v) is 6.54. The third kappa shape index (κ3) is 4.48. The Morgan fingerprint density at radius 1 is 1.21 bits per heavy atom. The van der Waals surface area contributed by atoms with E-state index in [1.807, 2.05) is 18.2 Å². The number of carbonyl (C=O) groups excluding carboxylic acids is 1. The SMILES string of the molecule is CC(C)(C(=O)NCC(N1CCNCC1)C(F)(F)F)c1ccccc1. The largest absolute Gasteiger partial charge is 0.405 e. The number of hydrogen-bond acceptors (Lipinski definition) is 3. The number of piperazine rings is 1. The first-order chi connectivity index (χ1) is 11.2. The van der Waals surface area contributed by atoms with E-state index in [1.54, 1.807) is 26.0 Å². The minimum Gasteiger partial charge on any atom is -0.353 e. The van der Waals surface area contributed by atoms with Crippen molar-refractivity contribution >= 4 is 5.91 Å². The van der Waals surface area contributed by atoms with E-state index in [0.717, 1.165) is 5.56 Å². The van der Waals surface area contributed by atoms with E-state index >= 15 is 0 Å². The summed E-state index contributed by atoms with van der Waals surface area (Å²) in [6.07, 6.45) is -4.37. The lowest BCUT2D eigenvalue weighted by Crippen LogP contribution is -2.58. The number of nitrogens with zero attached hydrogens (tertiary/aromatic N) is 1. The van der Waals surface area contributed by atoms with Crippen molar-refractivity contribution in [1.82, 2.24) is 15.5 Å². The number of amides is 1. The fourth-order valence-corrected chi connectivity index (χ4v) is 2.84. The molecule has 134 valence electrons. The molecular formula is C17H24F3N3O. The first kappa shape index (κ1) is 18.7. The zero-order chi connectivity index (χ0) is 17.8. The monoisotopic (exact) mass is 343 g/mol. The fourth-order valence-electron chi connectivity index (χ4n) is 2.84. The quantitative estimate of drug-likeness (QED) is 0.859. The molecule has 7 heteroatoms. The third-order valence-electron chi connectivity index (χ3n) is 4.49. The second-order valence-electron chi connectivity index (χ2n) is 6.54. The second kappa shape index (κ2) is 7.53. The predicted molar refractivity (Wildman–Crippen MR) is 86.8 cm³/mol. The van der Waals surface area contributed by atoms with Crippen molar-refractivity contribution < 1.29 is 18.0 Å². The highest BCUT2D eigenvalue weighted by Gasteiger charge is 2.44. The lowest BCUT2D eigenvalue weighted by molar-refractivity contribution is -0.184. The Morgan fingerprint density at radius 3 is 2.33 bits per heavy atom. The van der Waals surface area contributed by atoms with E-state index in [1.165, 1.54) is 4.90 Å². The Kier molecular flexibility index (Phi) is 5.87. The van der Waals surface area contributed by atoms with E-state index in [0.29, 0.717) is 26.2 Å². The van der Waals surface area contributed by atoms with Gasteiger partial charge in [0.05, 0.1) is 5.41 Å². The molecule has 0 aliphatic carbocycles. The Hall–Kier alpha value is -1.60. The molecule has 2 N–H and O–H groups in total. The molecule has 1 aromatic rings. The van der Waals surface area contributed by atoms with Gasteiger partial charge in [0.15, 0.2) is 0 Å². The van der Waals surface area contributed by atoms with Crippen LogP contribution in [0.3, 0.4) is 0 Å². The Labute approximate surface area is 140 Å². The zero-order valence-electron chi connectivity index (χ0n) is 14.0. The van der Waals surface area contributed by atoms with Crippen LogP contribution in [0.1, 0.15) is 19.4 Å². The maximum Gasteiger partial charge on any atom is 0.405 e. The lowest BCUT2D eigenvalue weighted by Gasteiger charge is -2.36. The van der Waals surface area contributed by atoms with Gasteiger partial charge in [-0.05, 0) is 19.4 Å². The molecule has 4 nitrogen and oxygen atoms in total. The predicted octanol–water partition coefficient (Wildman–Crippen LogP) is 1.92. The lowest BCUT2D eigenvalue weighted by atomic mass is 9.83. The van der Waals surface area contributed by atoms with E-state index in [-0.39, 0.29) is 0 Å². The van der Waals surface area contributed by atoms with Crippen LogP contribution in [0.5, 0.6) is 0 Å². The Morgan fingerprint density at radius 2 is 1.79 bits per heavy atom. The van der Waals surface area contributed by atoms with Gasteiger partial charge < -0.3 is 10.6 Å². The van der Waals surface area contributed by atoms with Gasteiger partial charge in [-0.25, -0.2) is 0 Å². The van der Waals surface area contributed by atoms with E-state index in [4.69, 9.17) is 0 Å². The van der Waals surface area contributed by atoms with Crippen LogP contribution in [0.2, 0.25) is 0 Å². The van der Waals surface area contributed by atoms with Gasteiger partial charge >= 0.3 is 6.18 Å². The maximum atomic E-state index is 13.4. The summed E-state index contributed by atoms with van der Waals surface area (Å²) in [6.45, 7) is 4.69. The molecule has 1 fully saturated rings. The summed E-state index contributed by atoms with van der Waals surface area (Å²) in [6, 6.07) is 7.40. The number of carbonyl (C=O) groups is 1. The number of benzene rings is 1. The van der Waals surface area contributed by atoms with Crippen LogP contribution in [0.25, 0.3) is 0 Å². The van der Waals surface area contributed by atoms with Crippen LogP contribution in [0, 0.1) is 0 Å². The molecule has 1 unspecified atom stereocenters. The molecule has 1 aliphatic rings. The minimum atomic E-state index is -4.37. The molecule has 0 saturated carbocycles. The molecule has 1 aliphatic heterocycles. The molecule has 1 heterocycles. The van der Waals surface area contributed by atoms with Crippen molar-refractivity contribution in [3.05, 3.63) is 35.9 Å². The first-order valence-electron chi connectivity index (χ1n) is 8.08. The number of rotatable bonds is 5. The zero-order valence-corrected chi connectivity index (χ0v) is 14.0. The molecule has 0 bridgehead atoms. The summed E-state index contributed by atoms with van der Waals surface area (Å²) in [4.78, 5) is 13.9. The Balaban J connectivity index is 2.04. The topological polar surface area (TPSA) is 44.4 Å². The molecule has 1 saturated heterocycles. The van der Waals surface area contributed by atoms with Crippen LogP contribution in [0.15, 0.2) is 30.3 Å². The summed E-state index contributed by atoms with van der Waals surface area (Å²) >= 11 is 0. The highest BCUT2D eigenvalue weighted by atomic mass is 19.4. The van der Waals surface area contributed by atoms with Gasteiger partial charge in [-0.3, -0.25) is 9.69 Å². The molecule has 0 spiro atoms. The number of hydrogen-bond donors (Lipinski definition) is 2. The van der Waals surface area contributed by atoms with Gasteiger partial charge in [0.25, 0.3) is 0 Å². The summed E-state index contributed by atoms with van der Waals surface area (Å²) in [5, 5.41) is 5.54. The fraction of sp³-hybridized carbons (Fsp3) is 0.588. The van der Waals surface area contributed by atoms with E-state index < -0.39 is 30.1 Å². The highest BCUT2D eigenvalue weighted by Crippen LogP contribution is 2.26. The average Bonchev–Trinajstić information content (AvgIpc) is 2.55. The van der Waals surface area contributed by atoms with Gasteiger partial charge in [-0.15, -0.1) is 0 Å². The van der Waals surface area contributed by atoms with E-state index in [9.17, 15) is 18.0 Å². The molecule has 0 aromatic heterocycles. The molecule has 1 aromatic carbocycles. The van der Waals surface area contributed by atoms with E-state index in [2.05, 4.69) is 10.6 Å². The molecule has 0 radical (unpaired) electrons. The van der Waals surface area contributed by atoms with Crippen molar-refractivity contribution in [2.75, 3.05) is 32.7 Å². The van der Waals surface area contributed by atoms with Crippen molar-refractivity contribution in [3.63, 3.8) is 0 Å². The first-order valence-corrected chi connectivity index (χ1v) is 8.08. The van der Waals surface area contributed by atoms with Gasteiger partial charge in [-0.1, -0.05) is 30.3 Å². The van der Waals surface area contributed by atoms with Gasteiger partial charge in [-0.2, -0.15) is 13.2 Å². The van der Waals surface area contributed by atoms with Crippen LogP contribution < -0.4 is 10.6 Å². The maximum absolute atomic E-state index is 13.4. The van der Waals surface area contributed by atoms with Crippen LogP contribution in [0.4, 0.5) is 13.2 Å². The highest BCUT2D eigenvalue weighted by molar-refractivity contribution is 5.87. The molecular weight excluding hydrogens is 319 g/mol. The normalized spacial score (nSPS) is 18.2. The standard InChI is InChI=1S/C17H24F3N3O/c1-16(2,13-6-4-3-5-7-13)15(24)22-12-14(17(18,19)20)23-10-8-21-9-11-23/h3-7,14,21H,8-12H2,1-2H3,(H,22,24). The van der Waals surface area contributed by atoms with Crippen molar-refractivity contribution in [3.8, 4) is 0 Å². The van der Waals surface area contributed by atoms with Crippen LogP contribution >= 0.6 is 0 Å². The van der Waals surface area contributed by atoms with Crippen molar-refractivity contribution in [2.24, 2.45) is 0 Å².